The van der Waals surface area contributed by atoms with Crippen molar-refractivity contribution in [1.82, 2.24) is 0 Å². The third kappa shape index (κ3) is 0.784. The quantitative estimate of drug-likeness (QED) is 0.162. The minimum absolute atomic E-state index is 1.97. The zero-order chi connectivity index (χ0) is 9.78. The third-order valence-electron chi connectivity index (χ3n) is 1.46. The normalized spacial score (nSPS) is 30.0. The second-order valence-corrected chi connectivity index (χ2v) is 2.34. The van der Waals surface area contributed by atoms with E-state index in [1.165, 1.54) is 0 Å². The molecule has 1 heterocycles. The molecule has 8 nitrogen and oxygen atoms in total. The van der Waals surface area contributed by atoms with Gasteiger partial charge in [-0.15, -0.1) is 0 Å². The first kappa shape index (κ1) is 9.32. The summed E-state index contributed by atoms with van der Waals surface area (Å²) in [5.74, 6) is -13.4. The zero-order valence-electron chi connectivity index (χ0n) is 5.50. The molecule has 0 unspecified atom stereocenters. The molecule has 0 saturated carbocycles. The fourth-order valence-electron chi connectivity index (χ4n) is 0.641. The van der Waals surface area contributed by atoms with Crippen LogP contribution in [0.15, 0.2) is 0 Å². The fourth-order valence-corrected chi connectivity index (χ4v) is 0.641. The van der Waals surface area contributed by atoms with Crippen LogP contribution >= 0.6 is 0 Å². The lowest BCUT2D eigenvalue weighted by atomic mass is 10.1. The number of rotatable bonds is 0. The van der Waals surface area contributed by atoms with Crippen LogP contribution in [0.25, 0.3) is 0 Å². The first-order valence-electron chi connectivity index (χ1n) is 2.70. The SMILES string of the molecule is O=C1OC(O)(O)C(O)(O)C1(O)O. The van der Waals surface area contributed by atoms with Gasteiger partial charge >= 0.3 is 23.5 Å². The van der Waals surface area contributed by atoms with Crippen LogP contribution in [0.4, 0.5) is 0 Å². The van der Waals surface area contributed by atoms with E-state index in [2.05, 4.69) is 4.74 Å². The number of cyclic esters (lactones) is 1. The molecule has 70 valence electrons. The van der Waals surface area contributed by atoms with Gasteiger partial charge in [0.1, 0.15) is 0 Å². The van der Waals surface area contributed by atoms with Crippen LogP contribution in [0.3, 0.4) is 0 Å². The molecule has 0 aliphatic carbocycles. The lowest BCUT2D eigenvalue weighted by Crippen LogP contribution is -2.63. The van der Waals surface area contributed by atoms with Crippen LogP contribution in [0.2, 0.25) is 0 Å². The molecular weight excluding hydrogens is 176 g/mol. The fraction of sp³-hybridized carbons (Fsp3) is 0.750. The first-order valence-corrected chi connectivity index (χ1v) is 2.70. The van der Waals surface area contributed by atoms with Gasteiger partial charge in [0.25, 0.3) is 0 Å². The van der Waals surface area contributed by atoms with Gasteiger partial charge in [-0.05, 0) is 0 Å². The molecule has 0 radical (unpaired) electrons. The number of aliphatic hydroxyl groups is 6. The molecule has 0 aromatic carbocycles. The minimum Gasteiger partial charge on any atom is -0.399 e. The molecule has 1 aliphatic heterocycles. The maximum Gasteiger partial charge on any atom is 0.388 e. The molecule has 0 bridgehead atoms. The van der Waals surface area contributed by atoms with Gasteiger partial charge in [0, 0.05) is 0 Å². The summed E-state index contributed by atoms with van der Waals surface area (Å²) in [4.78, 5) is 10.4. The van der Waals surface area contributed by atoms with Gasteiger partial charge in [0.05, 0.1) is 0 Å². The Morgan fingerprint density at radius 1 is 1.00 bits per heavy atom. The summed E-state index contributed by atoms with van der Waals surface area (Å²) in [6.07, 6.45) is 0. The smallest absolute Gasteiger partial charge is 0.388 e. The summed E-state index contributed by atoms with van der Waals surface area (Å²) in [6, 6.07) is 0. The van der Waals surface area contributed by atoms with E-state index in [1.807, 2.05) is 0 Å². The average Bonchev–Trinajstić information content (AvgIpc) is 1.92. The van der Waals surface area contributed by atoms with E-state index in [1.54, 1.807) is 0 Å². The number of ether oxygens (including phenoxy) is 1. The second kappa shape index (κ2) is 1.93. The average molecular weight is 182 g/mol. The minimum atomic E-state index is -3.89. The van der Waals surface area contributed by atoms with Crippen LogP contribution in [0, 0.1) is 0 Å². The summed E-state index contributed by atoms with van der Waals surface area (Å²) in [6.45, 7) is 0. The van der Waals surface area contributed by atoms with Crippen molar-refractivity contribution in [2.75, 3.05) is 0 Å². The number of hydrogen-bond donors (Lipinski definition) is 6. The summed E-state index contributed by atoms with van der Waals surface area (Å²) in [7, 11) is 0. The lowest BCUT2D eigenvalue weighted by molar-refractivity contribution is -0.458. The molecule has 0 atom stereocenters. The van der Waals surface area contributed by atoms with Gasteiger partial charge in [0.15, 0.2) is 0 Å². The molecule has 6 N–H and O–H groups in total. The monoisotopic (exact) mass is 182 g/mol. The third-order valence-corrected chi connectivity index (χ3v) is 1.46. The van der Waals surface area contributed by atoms with Crippen LogP contribution in [-0.4, -0.2) is 54.2 Å². The van der Waals surface area contributed by atoms with Crippen molar-refractivity contribution in [3.05, 3.63) is 0 Å². The predicted molar refractivity (Wildman–Crippen MR) is 27.6 cm³/mol. The van der Waals surface area contributed by atoms with E-state index < -0.39 is 23.5 Å². The summed E-state index contributed by atoms with van der Waals surface area (Å²) >= 11 is 0. The van der Waals surface area contributed by atoms with Crippen molar-refractivity contribution < 1.29 is 40.2 Å². The molecular formula is C4H6O8. The number of carbonyl (C=O) groups excluding carboxylic acids is 1. The van der Waals surface area contributed by atoms with E-state index in [0.29, 0.717) is 0 Å². The van der Waals surface area contributed by atoms with Crippen molar-refractivity contribution in [1.29, 1.82) is 0 Å². The van der Waals surface area contributed by atoms with Gasteiger partial charge in [0.2, 0.25) is 0 Å². The van der Waals surface area contributed by atoms with E-state index >= 15 is 0 Å². The van der Waals surface area contributed by atoms with Crippen molar-refractivity contribution in [2.45, 2.75) is 17.5 Å². The summed E-state index contributed by atoms with van der Waals surface area (Å²) in [5, 5.41) is 51.5. The molecule has 1 aliphatic rings. The Morgan fingerprint density at radius 3 is 1.50 bits per heavy atom. The van der Waals surface area contributed by atoms with E-state index in [9.17, 15) is 4.79 Å². The largest absolute Gasteiger partial charge is 0.399 e. The maximum atomic E-state index is 10.4. The Kier molecular flexibility index (Phi) is 1.50. The Balaban J connectivity index is 3.19. The highest BCUT2D eigenvalue weighted by molar-refractivity contribution is 5.81. The van der Waals surface area contributed by atoms with E-state index in [4.69, 9.17) is 30.6 Å². The van der Waals surface area contributed by atoms with E-state index in [-0.39, 0.29) is 0 Å². The topological polar surface area (TPSA) is 148 Å². The molecule has 8 heteroatoms. The van der Waals surface area contributed by atoms with Gasteiger partial charge < -0.3 is 35.4 Å². The predicted octanol–water partition coefficient (Wildman–Crippen LogP) is -4.46. The van der Waals surface area contributed by atoms with E-state index in [0.717, 1.165) is 0 Å². The number of esters is 1. The highest BCUT2D eigenvalue weighted by Crippen LogP contribution is 2.36. The highest BCUT2D eigenvalue weighted by Gasteiger charge is 2.76. The molecule has 1 rings (SSSR count). The zero-order valence-corrected chi connectivity index (χ0v) is 5.50. The Bertz CT molecular complexity index is 227. The summed E-state index contributed by atoms with van der Waals surface area (Å²) < 4.78 is 3.45. The van der Waals surface area contributed by atoms with Crippen LogP contribution in [0.5, 0.6) is 0 Å². The standard InChI is InChI=1S/C4H6O8/c5-1-2(6,7)3(8,9)4(10,11)12-1/h6-11H. The van der Waals surface area contributed by atoms with Crippen molar-refractivity contribution >= 4 is 5.97 Å². The summed E-state index contributed by atoms with van der Waals surface area (Å²) in [5.41, 5.74) is 0. The Hall–Kier alpha value is -0.770. The molecule has 1 saturated heterocycles. The van der Waals surface area contributed by atoms with Gasteiger partial charge in [-0.1, -0.05) is 0 Å². The Morgan fingerprint density at radius 2 is 1.42 bits per heavy atom. The maximum absolute atomic E-state index is 10.4. The van der Waals surface area contributed by atoms with Crippen LogP contribution < -0.4 is 0 Å². The second-order valence-electron chi connectivity index (χ2n) is 2.34. The van der Waals surface area contributed by atoms with Gasteiger partial charge in [-0.25, -0.2) is 4.79 Å². The Labute approximate surface area is 64.9 Å². The van der Waals surface area contributed by atoms with Gasteiger partial charge in [-0.2, -0.15) is 0 Å². The molecule has 1 fully saturated rings. The highest BCUT2D eigenvalue weighted by atomic mass is 16.8. The van der Waals surface area contributed by atoms with Crippen molar-refractivity contribution in [3.63, 3.8) is 0 Å². The molecule has 12 heavy (non-hydrogen) atoms. The van der Waals surface area contributed by atoms with Gasteiger partial charge in [-0.3, -0.25) is 0 Å². The molecule has 0 aromatic heterocycles. The molecule has 0 spiro atoms. The first-order chi connectivity index (χ1) is 5.13. The lowest BCUT2D eigenvalue weighted by Gasteiger charge is -2.28. The van der Waals surface area contributed by atoms with Crippen LogP contribution in [-0.2, 0) is 9.53 Å². The molecule has 0 amide bonds. The van der Waals surface area contributed by atoms with Crippen molar-refractivity contribution in [3.8, 4) is 0 Å². The number of hydrogen-bond acceptors (Lipinski definition) is 8. The molecule has 0 aromatic rings. The van der Waals surface area contributed by atoms with Crippen molar-refractivity contribution in [2.24, 2.45) is 0 Å². The van der Waals surface area contributed by atoms with Crippen LogP contribution in [0.1, 0.15) is 0 Å². The number of carbonyl (C=O) groups is 1.